The lowest BCUT2D eigenvalue weighted by Gasteiger charge is -2.22. The van der Waals surface area contributed by atoms with Crippen LogP contribution < -0.4 is 11.3 Å². The molecule has 5 heteroatoms. The summed E-state index contributed by atoms with van der Waals surface area (Å²) in [5, 5.41) is 0.237. The van der Waals surface area contributed by atoms with Gasteiger partial charge >= 0.3 is 0 Å². The van der Waals surface area contributed by atoms with Crippen LogP contribution in [0, 0.1) is 0 Å². The van der Waals surface area contributed by atoms with Gasteiger partial charge in [0.2, 0.25) is 0 Å². The van der Waals surface area contributed by atoms with Crippen molar-refractivity contribution in [3.05, 3.63) is 0 Å². The van der Waals surface area contributed by atoms with E-state index in [0.29, 0.717) is 6.61 Å². The number of ether oxygens (including phenoxy) is 2. The van der Waals surface area contributed by atoms with Crippen molar-refractivity contribution in [1.82, 2.24) is 5.43 Å². The van der Waals surface area contributed by atoms with E-state index in [1.807, 2.05) is 0 Å². The Balaban J connectivity index is 2.19. The summed E-state index contributed by atoms with van der Waals surface area (Å²) >= 11 is 4.72. The number of thiocarbonyl (C=S) groups is 1. The lowest BCUT2D eigenvalue weighted by atomic mass is 10.2. The highest BCUT2D eigenvalue weighted by atomic mass is 32.1. The molecule has 1 heterocycles. The lowest BCUT2D eigenvalue weighted by molar-refractivity contribution is 0.00119. The molecule has 1 rings (SSSR count). The van der Waals surface area contributed by atoms with E-state index in [1.54, 1.807) is 0 Å². The van der Waals surface area contributed by atoms with E-state index >= 15 is 0 Å². The highest BCUT2D eigenvalue weighted by Crippen LogP contribution is 2.09. The summed E-state index contributed by atoms with van der Waals surface area (Å²) in [5.41, 5.74) is 2.27. The van der Waals surface area contributed by atoms with Gasteiger partial charge in [-0.25, -0.2) is 5.84 Å². The van der Waals surface area contributed by atoms with Crippen molar-refractivity contribution in [3.63, 3.8) is 0 Å². The van der Waals surface area contributed by atoms with E-state index < -0.39 is 0 Å². The van der Waals surface area contributed by atoms with Crippen LogP contribution in [0.4, 0.5) is 0 Å². The van der Waals surface area contributed by atoms with E-state index in [4.69, 9.17) is 27.5 Å². The Morgan fingerprint density at radius 3 is 3.09 bits per heavy atom. The van der Waals surface area contributed by atoms with E-state index in [0.717, 1.165) is 19.4 Å². The van der Waals surface area contributed by atoms with Crippen molar-refractivity contribution < 1.29 is 9.47 Å². The number of hydrogen-bond donors (Lipinski definition) is 2. The molecule has 0 amide bonds. The largest absolute Gasteiger partial charge is 0.464 e. The highest BCUT2D eigenvalue weighted by Gasteiger charge is 2.15. The maximum Gasteiger partial charge on any atom is 0.271 e. The van der Waals surface area contributed by atoms with Crippen LogP contribution in [0.1, 0.15) is 12.8 Å². The molecule has 11 heavy (non-hydrogen) atoms. The first-order valence-electron chi connectivity index (χ1n) is 3.58. The molecule has 1 aliphatic heterocycles. The summed E-state index contributed by atoms with van der Waals surface area (Å²) in [6.45, 7) is 1.44. The Morgan fingerprint density at radius 1 is 1.73 bits per heavy atom. The molecule has 64 valence electrons. The number of hydrazine groups is 1. The van der Waals surface area contributed by atoms with Gasteiger partial charge in [0.05, 0.1) is 6.61 Å². The van der Waals surface area contributed by atoms with Crippen LogP contribution >= 0.6 is 12.2 Å². The average Bonchev–Trinajstić information content (AvgIpc) is 2.06. The maximum atomic E-state index is 5.21. The molecule has 1 atom stereocenters. The molecule has 3 N–H and O–H groups in total. The standard InChI is InChI=1S/C6H12N2O2S/c7-8-6(11)10-5-2-1-3-9-4-5/h5H,1-4,7H2,(H,8,11). The topological polar surface area (TPSA) is 56.5 Å². The highest BCUT2D eigenvalue weighted by molar-refractivity contribution is 7.80. The predicted molar refractivity (Wildman–Crippen MR) is 44.8 cm³/mol. The summed E-state index contributed by atoms with van der Waals surface area (Å²) in [6, 6.07) is 0. The zero-order valence-corrected chi connectivity index (χ0v) is 7.02. The van der Waals surface area contributed by atoms with E-state index in [1.165, 1.54) is 0 Å². The second-order valence-corrected chi connectivity index (χ2v) is 2.76. The molecular weight excluding hydrogens is 164 g/mol. The molecule has 1 fully saturated rings. The molecule has 0 radical (unpaired) electrons. The molecule has 4 nitrogen and oxygen atoms in total. The third kappa shape index (κ3) is 3.00. The third-order valence-corrected chi connectivity index (χ3v) is 1.72. The molecule has 0 aromatic rings. The Morgan fingerprint density at radius 2 is 2.55 bits per heavy atom. The van der Waals surface area contributed by atoms with Gasteiger partial charge in [-0.15, -0.1) is 0 Å². The van der Waals surface area contributed by atoms with E-state index in [-0.39, 0.29) is 11.3 Å². The normalized spacial score (nSPS) is 24.3. The molecular formula is C6H12N2O2S. The van der Waals surface area contributed by atoms with Crippen molar-refractivity contribution in [2.24, 2.45) is 5.84 Å². The first kappa shape index (κ1) is 8.70. The smallest absolute Gasteiger partial charge is 0.271 e. The molecule has 1 aliphatic rings. The zero-order chi connectivity index (χ0) is 8.10. The van der Waals surface area contributed by atoms with Crippen molar-refractivity contribution in [2.75, 3.05) is 13.2 Å². The summed E-state index contributed by atoms with van der Waals surface area (Å²) in [7, 11) is 0. The molecule has 0 aliphatic carbocycles. The first-order chi connectivity index (χ1) is 5.33. The summed E-state index contributed by atoms with van der Waals surface area (Å²) in [4.78, 5) is 0. The van der Waals surface area contributed by atoms with Gasteiger partial charge in [-0.1, -0.05) is 0 Å². The molecule has 0 saturated carbocycles. The summed E-state index contributed by atoms with van der Waals surface area (Å²) in [6.07, 6.45) is 2.09. The van der Waals surface area contributed by atoms with Crippen LogP contribution in [0.15, 0.2) is 0 Å². The monoisotopic (exact) mass is 176 g/mol. The average molecular weight is 176 g/mol. The van der Waals surface area contributed by atoms with Crippen molar-refractivity contribution in [2.45, 2.75) is 18.9 Å². The third-order valence-electron chi connectivity index (χ3n) is 1.51. The van der Waals surface area contributed by atoms with Crippen LogP contribution in [-0.4, -0.2) is 24.5 Å². The van der Waals surface area contributed by atoms with Crippen LogP contribution in [0.5, 0.6) is 0 Å². The fourth-order valence-electron chi connectivity index (χ4n) is 0.990. The fraction of sp³-hybridized carbons (Fsp3) is 0.833. The van der Waals surface area contributed by atoms with Gasteiger partial charge in [-0.3, -0.25) is 5.43 Å². The van der Waals surface area contributed by atoms with Gasteiger partial charge in [-0.05, 0) is 25.1 Å². The summed E-state index contributed by atoms with van der Waals surface area (Å²) in [5.74, 6) is 5.03. The van der Waals surface area contributed by atoms with Crippen LogP contribution in [0.25, 0.3) is 0 Å². The quantitative estimate of drug-likeness (QED) is 0.333. The Labute approximate surface area is 71.0 Å². The van der Waals surface area contributed by atoms with Crippen molar-refractivity contribution >= 4 is 17.4 Å². The number of rotatable bonds is 1. The van der Waals surface area contributed by atoms with Gasteiger partial charge < -0.3 is 9.47 Å². The number of hydrogen-bond acceptors (Lipinski definition) is 4. The first-order valence-corrected chi connectivity index (χ1v) is 3.98. The molecule has 0 spiro atoms. The SMILES string of the molecule is NNC(=S)OC1CCCOC1. The number of nitrogens with one attached hydrogen (secondary N) is 1. The van der Waals surface area contributed by atoms with Gasteiger partial charge in [0, 0.05) is 6.61 Å². The van der Waals surface area contributed by atoms with Crippen molar-refractivity contribution in [1.29, 1.82) is 0 Å². The Hall–Kier alpha value is -0.390. The Kier molecular flexibility index (Phi) is 3.55. The summed E-state index contributed by atoms with van der Waals surface area (Å²) < 4.78 is 10.4. The van der Waals surface area contributed by atoms with E-state index in [2.05, 4.69) is 5.43 Å². The van der Waals surface area contributed by atoms with Crippen LogP contribution in [0.3, 0.4) is 0 Å². The van der Waals surface area contributed by atoms with Crippen LogP contribution in [-0.2, 0) is 9.47 Å². The molecule has 0 aromatic heterocycles. The lowest BCUT2D eigenvalue weighted by Crippen LogP contribution is -2.36. The maximum absolute atomic E-state index is 5.21. The number of nitrogens with two attached hydrogens (primary N) is 1. The van der Waals surface area contributed by atoms with Crippen molar-refractivity contribution in [3.8, 4) is 0 Å². The van der Waals surface area contributed by atoms with Crippen LogP contribution in [0.2, 0.25) is 0 Å². The molecule has 1 unspecified atom stereocenters. The second-order valence-electron chi connectivity index (χ2n) is 2.39. The van der Waals surface area contributed by atoms with Gasteiger partial charge in [0.1, 0.15) is 6.10 Å². The Bertz CT molecular complexity index is 137. The minimum absolute atomic E-state index is 0.0762. The molecule has 1 saturated heterocycles. The van der Waals surface area contributed by atoms with Gasteiger partial charge in [0.25, 0.3) is 5.17 Å². The minimum Gasteiger partial charge on any atom is -0.464 e. The molecule has 0 aromatic carbocycles. The predicted octanol–water partition coefficient (Wildman–Crippen LogP) is -0.0698. The zero-order valence-electron chi connectivity index (χ0n) is 6.21. The van der Waals surface area contributed by atoms with Gasteiger partial charge in [0.15, 0.2) is 0 Å². The minimum atomic E-state index is 0.0762. The molecule has 0 bridgehead atoms. The van der Waals surface area contributed by atoms with Gasteiger partial charge in [-0.2, -0.15) is 0 Å². The fourth-order valence-corrected chi connectivity index (χ4v) is 1.13. The van der Waals surface area contributed by atoms with E-state index in [9.17, 15) is 0 Å². The second kappa shape index (κ2) is 4.48.